The second kappa shape index (κ2) is 13.8. The van der Waals surface area contributed by atoms with Gasteiger partial charge in [-0.1, -0.05) is 74.3 Å². The van der Waals surface area contributed by atoms with Crippen LogP contribution in [0.4, 0.5) is 5.13 Å². The van der Waals surface area contributed by atoms with Gasteiger partial charge in [-0.15, -0.1) is 0 Å². The average Bonchev–Trinajstić information content (AvgIpc) is 3.51. The summed E-state index contributed by atoms with van der Waals surface area (Å²) in [5.74, 6) is -1.65. The summed E-state index contributed by atoms with van der Waals surface area (Å²) in [5, 5.41) is 11.6. The molecule has 4 rings (SSSR count). The Morgan fingerprint density at radius 2 is 1.81 bits per heavy atom. The Labute approximate surface area is 248 Å². The Hall–Kier alpha value is -4.70. The van der Waals surface area contributed by atoms with E-state index < -0.39 is 23.7 Å². The molecule has 1 aliphatic rings. The average molecular weight is 589 g/mol. The molecular weight excluding hydrogens is 556 g/mol. The van der Waals surface area contributed by atoms with Crippen molar-refractivity contribution in [1.29, 1.82) is 0 Å². The van der Waals surface area contributed by atoms with E-state index in [9.17, 15) is 19.5 Å². The molecule has 2 heterocycles. The number of Topliss-reactive ketones (excluding diaryl/α,β-unsaturated/α-hetero) is 1. The number of aromatic nitrogens is 1. The van der Waals surface area contributed by atoms with Gasteiger partial charge in [0, 0.05) is 5.56 Å². The van der Waals surface area contributed by atoms with E-state index in [0.717, 1.165) is 24.2 Å². The highest BCUT2D eigenvalue weighted by molar-refractivity contribution is 7.17. The van der Waals surface area contributed by atoms with Crippen molar-refractivity contribution in [3.8, 4) is 11.5 Å². The number of carbonyl (C=O) groups is 3. The normalized spacial score (nSPS) is 15.9. The van der Waals surface area contributed by atoms with Crippen molar-refractivity contribution in [2.45, 2.75) is 32.7 Å². The molecule has 0 radical (unpaired) electrons. The number of ether oxygens (including phenoxy) is 3. The third kappa shape index (κ3) is 6.44. The number of ketones is 1. The van der Waals surface area contributed by atoms with Crippen molar-refractivity contribution in [3.05, 3.63) is 101 Å². The van der Waals surface area contributed by atoms with E-state index in [0.29, 0.717) is 41.5 Å². The first-order chi connectivity index (χ1) is 20.3. The molecule has 1 unspecified atom stereocenters. The van der Waals surface area contributed by atoms with E-state index in [1.807, 2.05) is 0 Å². The minimum atomic E-state index is -1.04. The zero-order valence-corrected chi connectivity index (χ0v) is 24.3. The van der Waals surface area contributed by atoms with Gasteiger partial charge in [0.1, 0.15) is 35.3 Å². The number of aliphatic hydroxyl groups excluding tert-OH is 1. The third-order valence-corrected chi connectivity index (χ3v) is 7.53. The van der Waals surface area contributed by atoms with Gasteiger partial charge in [0.25, 0.3) is 5.78 Å². The van der Waals surface area contributed by atoms with E-state index in [2.05, 4.69) is 25.1 Å². The lowest BCUT2D eigenvalue weighted by atomic mass is 9.95. The van der Waals surface area contributed by atoms with Gasteiger partial charge in [0.05, 0.1) is 23.9 Å². The van der Waals surface area contributed by atoms with Crippen molar-refractivity contribution in [3.63, 3.8) is 0 Å². The van der Waals surface area contributed by atoms with Gasteiger partial charge in [-0.2, -0.15) is 0 Å². The number of esters is 1. The quantitative estimate of drug-likeness (QED) is 0.0630. The molecule has 9 nitrogen and oxygen atoms in total. The summed E-state index contributed by atoms with van der Waals surface area (Å²) in [7, 11) is 0. The third-order valence-electron chi connectivity index (χ3n) is 6.39. The van der Waals surface area contributed by atoms with Crippen LogP contribution < -0.4 is 14.4 Å². The Balaban J connectivity index is 1.82. The second-order valence-electron chi connectivity index (χ2n) is 9.37. The standard InChI is InChI=1S/C32H32N2O7S/c1-5-8-18-40-24-11-9-10-22(19-24)27(35)25-26(21-12-14-23(15-13-21)39-16-6-2)34(30(37)28(25)36)32-33-20(4)29(42-32)31(38)41-17-7-3/h6-7,9-15,19,26,35H,2-3,5,8,16-18H2,1,4H3. The summed E-state index contributed by atoms with van der Waals surface area (Å²) in [6, 6.07) is 12.5. The molecule has 1 N–H and O–H groups in total. The molecule has 1 atom stereocenters. The minimum Gasteiger partial charge on any atom is -0.507 e. The van der Waals surface area contributed by atoms with E-state index in [-0.39, 0.29) is 27.9 Å². The number of anilines is 1. The lowest BCUT2D eigenvalue weighted by molar-refractivity contribution is -0.132. The largest absolute Gasteiger partial charge is 0.507 e. The summed E-state index contributed by atoms with van der Waals surface area (Å²) in [6.45, 7) is 11.7. The molecule has 42 heavy (non-hydrogen) atoms. The number of hydrogen-bond acceptors (Lipinski definition) is 9. The van der Waals surface area contributed by atoms with Gasteiger partial charge >= 0.3 is 11.9 Å². The van der Waals surface area contributed by atoms with Crippen LogP contribution in [-0.2, 0) is 14.3 Å². The number of thiazole rings is 1. The number of hydrogen-bond donors (Lipinski definition) is 1. The van der Waals surface area contributed by atoms with Gasteiger partial charge in [-0.3, -0.25) is 14.5 Å². The lowest BCUT2D eigenvalue weighted by Gasteiger charge is -2.23. The van der Waals surface area contributed by atoms with Crippen LogP contribution in [0.5, 0.6) is 11.5 Å². The summed E-state index contributed by atoms with van der Waals surface area (Å²) < 4.78 is 16.5. The minimum absolute atomic E-state index is 0.0114. The maximum atomic E-state index is 13.6. The smallest absolute Gasteiger partial charge is 0.350 e. The van der Waals surface area contributed by atoms with Gasteiger partial charge in [0.2, 0.25) is 0 Å². The molecule has 10 heteroatoms. The molecule has 1 aliphatic heterocycles. The summed E-state index contributed by atoms with van der Waals surface area (Å²) in [4.78, 5) is 45.6. The summed E-state index contributed by atoms with van der Waals surface area (Å²) in [5.41, 5.74) is 1.08. The van der Waals surface area contributed by atoms with E-state index >= 15 is 0 Å². The van der Waals surface area contributed by atoms with Crippen molar-refractivity contribution in [2.24, 2.45) is 0 Å². The van der Waals surface area contributed by atoms with Gasteiger partial charge in [-0.05, 0) is 43.2 Å². The van der Waals surface area contributed by atoms with Crippen molar-refractivity contribution in [1.82, 2.24) is 4.98 Å². The molecule has 1 fully saturated rings. The number of aliphatic hydroxyl groups is 1. The van der Waals surface area contributed by atoms with Crippen molar-refractivity contribution < 1.29 is 33.7 Å². The maximum Gasteiger partial charge on any atom is 0.350 e. The summed E-state index contributed by atoms with van der Waals surface area (Å²) >= 11 is 0.930. The first kappa shape index (κ1) is 30.3. The van der Waals surface area contributed by atoms with E-state index in [1.165, 1.54) is 11.0 Å². The number of nitrogens with zero attached hydrogens (tertiary/aromatic N) is 2. The van der Waals surface area contributed by atoms with Gasteiger partial charge < -0.3 is 19.3 Å². The number of benzene rings is 2. The van der Waals surface area contributed by atoms with Gasteiger partial charge in [-0.25, -0.2) is 9.78 Å². The van der Waals surface area contributed by atoms with Crippen LogP contribution in [0, 0.1) is 6.92 Å². The molecule has 2 aromatic carbocycles. The lowest BCUT2D eigenvalue weighted by Crippen LogP contribution is -2.29. The Morgan fingerprint density at radius 3 is 2.50 bits per heavy atom. The molecule has 0 aliphatic carbocycles. The highest BCUT2D eigenvalue weighted by Gasteiger charge is 2.48. The SMILES string of the molecule is C=CCOC(=O)c1sc(N2C(=O)C(=O)C(=C(O)c3cccc(OCCCC)c3)C2c2ccc(OCC=C)cc2)nc1C. The molecule has 1 saturated heterocycles. The zero-order chi connectivity index (χ0) is 30.2. The van der Waals surface area contributed by atoms with Crippen LogP contribution in [-0.4, -0.2) is 47.6 Å². The van der Waals surface area contributed by atoms with Crippen molar-refractivity contribution >= 4 is 39.9 Å². The molecule has 0 bridgehead atoms. The molecule has 0 saturated carbocycles. The van der Waals surface area contributed by atoms with Crippen LogP contribution in [0.3, 0.4) is 0 Å². The Kier molecular flexibility index (Phi) is 9.93. The predicted octanol–water partition coefficient (Wildman–Crippen LogP) is 6.16. The van der Waals surface area contributed by atoms with Crippen LogP contribution in [0.1, 0.15) is 52.3 Å². The Bertz CT molecular complexity index is 1520. The molecule has 1 amide bonds. The highest BCUT2D eigenvalue weighted by Crippen LogP contribution is 2.44. The highest BCUT2D eigenvalue weighted by atomic mass is 32.1. The van der Waals surface area contributed by atoms with Gasteiger partial charge in [0.15, 0.2) is 5.13 Å². The number of amides is 1. The van der Waals surface area contributed by atoms with E-state index in [1.54, 1.807) is 61.5 Å². The van der Waals surface area contributed by atoms with Crippen LogP contribution >= 0.6 is 11.3 Å². The fourth-order valence-electron chi connectivity index (χ4n) is 4.34. The molecule has 3 aromatic rings. The van der Waals surface area contributed by atoms with Crippen LogP contribution in [0.25, 0.3) is 5.76 Å². The molecular formula is C32H32N2O7S. The first-order valence-corrected chi connectivity index (χ1v) is 14.3. The maximum absolute atomic E-state index is 13.6. The molecule has 0 spiro atoms. The summed E-state index contributed by atoms with van der Waals surface area (Å²) in [6.07, 6.45) is 4.89. The monoisotopic (exact) mass is 588 g/mol. The molecule has 218 valence electrons. The number of unbranched alkanes of at least 4 members (excludes halogenated alkanes) is 1. The van der Waals surface area contributed by atoms with Crippen LogP contribution in [0.15, 0.2) is 79.4 Å². The predicted molar refractivity (Wildman–Crippen MR) is 161 cm³/mol. The number of rotatable bonds is 13. The fourth-order valence-corrected chi connectivity index (χ4v) is 5.33. The van der Waals surface area contributed by atoms with Crippen LogP contribution in [0.2, 0.25) is 0 Å². The van der Waals surface area contributed by atoms with E-state index in [4.69, 9.17) is 14.2 Å². The second-order valence-corrected chi connectivity index (χ2v) is 10.3. The number of carbonyl (C=O) groups excluding carboxylic acids is 3. The first-order valence-electron chi connectivity index (χ1n) is 13.4. The van der Waals surface area contributed by atoms with Crippen molar-refractivity contribution in [2.75, 3.05) is 24.7 Å². The number of aryl methyl sites for hydroxylation is 1. The zero-order valence-electron chi connectivity index (χ0n) is 23.5. The Morgan fingerprint density at radius 1 is 1.07 bits per heavy atom. The topological polar surface area (TPSA) is 115 Å². The fraction of sp³-hybridized carbons (Fsp3) is 0.250. The molecule has 1 aromatic heterocycles.